The first-order valence-corrected chi connectivity index (χ1v) is 8.49. The summed E-state index contributed by atoms with van der Waals surface area (Å²) >= 11 is 0. The van der Waals surface area contributed by atoms with Gasteiger partial charge >= 0.3 is 0 Å². The third-order valence-corrected chi connectivity index (χ3v) is 3.75. The minimum absolute atomic E-state index is 0. The Morgan fingerprint density at radius 3 is 2.24 bits per heavy atom. The van der Waals surface area contributed by atoms with Crippen LogP contribution in [0.2, 0.25) is 0 Å². The molecular formula is C20H27ClN2O2. The predicted molar refractivity (Wildman–Crippen MR) is 104 cm³/mol. The van der Waals surface area contributed by atoms with Crippen LogP contribution >= 0.6 is 12.4 Å². The van der Waals surface area contributed by atoms with Gasteiger partial charge in [0.25, 0.3) is 0 Å². The number of hydrogen-bond donors (Lipinski definition) is 1. The van der Waals surface area contributed by atoms with Crippen molar-refractivity contribution in [3.63, 3.8) is 0 Å². The maximum absolute atomic E-state index is 12.5. The standard InChI is InChI=1S/C20H26N2O2.ClH/c21-14-8-15-22(17-18-9-3-1-4-10-18)20(23)13-7-16-24-19-11-5-2-6-12-19;/h1-6,9-12H,7-8,13-17,21H2;1H. The van der Waals surface area contributed by atoms with E-state index in [-0.39, 0.29) is 18.3 Å². The van der Waals surface area contributed by atoms with E-state index in [2.05, 4.69) is 0 Å². The summed E-state index contributed by atoms with van der Waals surface area (Å²) in [7, 11) is 0. The van der Waals surface area contributed by atoms with E-state index in [1.807, 2.05) is 65.6 Å². The molecule has 0 aromatic heterocycles. The Morgan fingerprint density at radius 1 is 0.960 bits per heavy atom. The fourth-order valence-electron chi connectivity index (χ4n) is 2.47. The molecule has 2 aromatic carbocycles. The van der Waals surface area contributed by atoms with Crippen LogP contribution in [0, 0.1) is 0 Å². The number of para-hydroxylation sites is 1. The predicted octanol–water partition coefficient (Wildman–Crippen LogP) is 3.65. The van der Waals surface area contributed by atoms with Crippen LogP contribution in [0.5, 0.6) is 5.75 Å². The zero-order valence-electron chi connectivity index (χ0n) is 14.5. The molecule has 4 nitrogen and oxygen atoms in total. The molecule has 0 saturated heterocycles. The smallest absolute Gasteiger partial charge is 0.222 e. The molecule has 0 spiro atoms. The molecule has 0 bridgehead atoms. The number of carbonyl (C=O) groups is 1. The average Bonchev–Trinajstić information content (AvgIpc) is 2.64. The van der Waals surface area contributed by atoms with E-state index >= 15 is 0 Å². The number of halogens is 1. The molecule has 2 N–H and O–H groups in total. The Hall–Kier alpha value is -2.04. The molecule has 0 heterocycles. The van der Waals surface area contributed by atoms with Crippen molar-refractivity contribution in [1.29, 1.82) is 0 Å². The molecular weight excluding hydrogens is 336 g/mol. The molecule has 0 aliphatic carbocycles. The molecule has 0 atom stereocenters. The number of carbonyl (C=O) groups excluding carboxylic acids is 1. The lowest BCUT2D eigenvalue weighted by atomic mass is 10.2. The summed E-state index contributed by atoms with van der Waals surface area (Å²) in [5.74, 6) is 0.998. The largest absolute Gasteiger partial charge is 0.494 e. The van der Waals surface area contributed by atoms with Gasteiger partial charge in [-0.1, -0.05) is 48.5 Å². The monoisotopic (exact) mass is 362 g/mol. The van der Waals surface area contributed by atoms with E-state index in [1.165, 1.54) is 0 Å². The highest BCUT2D eigenvalue weighted by atomic mass is 35.5. The highest BCUT2D eigenvalue weighted by Gasteiger charge is 2.13. The number of hydrogen-bond acceptors (Lipinski definition) is 3. The van der Waals surface area contributed by atoms with Crippen molar-refractivity contribution in [3.8, 4) is 5.75 Å². The van der Waals surface area contributed by atoms with Gasteiger partial charge in [0, 0.05) is 19.5 Å². The second-order valence-corrected chi connectivity index (χ2v) is 5.71. The summed E-state index contributed by atoms with van der Waals surface area (Å²) in [4.78, 5) is 14.4. The highest BCUT2D eigenvalue weighted by Crippen LogP contribution is 2.11. The third-order valence-electron chi connectivity index (χ3n) is 3.75. The molecule has 136 valence electrons. The van der Waals surface area contributed by atoms with Crippen LogP contribution in [-0.4, -0.2) is 30.5 Å². The first-order chi connectivity index (χ1) is 11.8. The molecule has 2 rings (SSSR count). The Bertz CT molecular complexity index is 593. The van der Waals surface area contributed by atoms with E-state index in [1.54, 1.807) is 0 Å². The topological polar surface area (TPSA) is 55.6 Å². The van der Waals surface area contributed by atoms with E-state index in [0.29, 0.717) is 39.1 Å². The van der Waals surface area contributed by atoms with Gasteiger partial charge in [0.2, 0.25) is 5.91 Å². The first kappa shape index (κ1) is 21.0. The normalized spacial score (nSPS) is 9.96. The number of benzene rings is 2. The highest BCUT2D eigenvalue weighted by molar-refractivity contribution is 5.85. The number of rotatable bonds is 10. The summed E-state index contributed by atoms with van der Waals surface area (Å²) < 4.78 is 5.64. The second-order valence-electron chi connectivity index (χ2n) is 5.71. The molecule has 0 fully saturated rings. The molecule has 2 aromatic rings. The Balaban J connectivity index is 0.00000312. The zero-order valence-corrected chi connectivity index (χ0v) is 15.3. The van der Waals surface area contributed by atoms with Crippen LogP contribution in [0.3, 0.4) is 0 Å². The molecule has 1 amide bonds. The van der Waals surface area contributed by atoms with Crippen LogP contribution in [-0.2, 0) is 11.3 Å². The quantitative estimate of drug-likeness (QED) is 0.656. The van der Waals surface area contributed by atoms with Crippen LogP contribution < -0.4 is 10.5 Å². The van der Waals surface area contributed by atoms with Crippen molar-refractivity contribution in [3.05, 3.63) is 66.2 Å². The van der Waals surface area contributed by atoms with Crippen molar-refractivity contribution in [2.45, 2.75) is 25.8 Å². The Kier molecular flexibility index (Phi) is 10.4. The van der Waals surface area contributed by atoms with Crippen molar-refractivity contribution in [2.75, 3.05) is 19.7 Å². The maximum atomic E-state index is 12.5. The first-order valence-electron chi connectivity index (χ1n) is 8.49. The lowest BCUT2D eigenvalue weighted by Crippen LogP contribution is -2.32. The van der Waals surface area contributed by atoms with E-state index in [9.17, 15) is 4.79 Å². The lowest BCUT2D eigenvalue weighted by Gasteiger charge is -2.23. The number of nitrogens with two attached hydrogens (primary N) is 1. The molecule has 0 saturated carbocycles. The second kappa shape index (κ2) is 12.3. The molecule has 0 radical (unpaired) electrons. The lowest BCUT2D eigenvalue weighted by molar-refractivity contribution is -0.132. The SMILES string of the molecule is Cl.NCCCN(Cc1ccccc1)C(=O)CCCOc1ccccc1. The summed E-state index contributed by atoms with van der Waals surface area (Å²) in [6.07, 6.45) is 2.02. The van der Waals surface area contributed by atoms with Gasteiger partial charge in [-0.2, -0.15) is 0 Å². The zero-order chi connectivity index (χ0) is 17.0. The molecule has 25 heavy (non-hydrogen) atoms. The minimum Gasteiger partial charge on any atom is -0.494 e. The minimum atomic E-state index is 0. The molecule has 0 aliphatic heterocycles. The molecule has 5 heteroatoms. The van der Waals surface area contributed by atoms with Crippen LogP contribution in [0.25, 0.3) is 0 Å². The van der Waals surface area contributed by atoms with Crippen LogP contribution in [0.1, 0.15) is 24.8 Å². The summed E-state index contributed by atoms with van der Waals surface area (Å²) in [5, 5.41) is 0. The average molecular weight is 363 g/mol. The van der Waals surface area contributed by atoms with E-state index in [4.69, 9.17) is 10.5 Å². The van der Waals surface area contributed by atoms with Gasteiger partial charge in [0.05, 0.1) is 6.61 Å². The van der Waals surface area contributed by atoms with Gasteiger partial charge in [-0.3, -0.25) is 4.79 Å². The van der Waals surface area contributed by atoms with Gasteiger partial charge in [-0.05, 0) is 37.1 Å². The number of ether oxygens (including phenoxy) is 1. The molecule has 0 unspecified atom stereocenters. The van der Waals surface area contributed by atoms with Gasteiger partial charge in [-0.25, -0.2) is 0 Å². The van der Waals surface area contributed by atoms with E-state index < -0.39 is 0 Å². The fraction of sp³-hybridized carbons (Fsp3) is 0.350. The van der Waals surface area contributed by atoms with Crippen molar-refractivity contribution in [2.24, 2.45) is 5.73 Å². The third kappa shape index (κ3) is 8.05. The van der Waals surface area contributed by atoms with Crippen molar-refractivity contribution in [1.82, 2.24) is 4.90 Å². The molecule has 0 aliphatic rings. The number of amides is 1. The summed E-state index contributed by atoms with van der Waals surface area (Å²) in [6, 6.07) is 19.7. The van der Waals surface area contributed by atoms with Crippen LogP contribution in [0.4, 0.5) is 0 Å². The Labute approximate surface area is 156 Å². The van der Waals surface area contributed by atoms with Crippen molar-refractivity contribution >= 4 is 18.3 Å². The van der Waals surface area contributed by atoms with Gasteiger partial charge in [0.15, 0.2) is 0 Å². The van der Waals surface area contributed by atoms with Crippen molar-refractivity contribution < 1.29 is 9.53 Å². The fourth-order valence-corrected chi connectivity index (χ4v) is 2.47. The number of nitrogens with zero attached hydrogens (tertiary/aromatic N) is 1. The van der Waals surface area contributed by atoms with Gasteiger partial charge in [0.1, 0.15) is 5.75 Å². The van der Waals surface area contributed by atoms with Gasteiger partial charge in [-0.15, -0.1) is 12.4 Å². The maximum Gasteiger partial charge on any atom is 0.222 e. The summed E-state index contributed by atoms with van der Waals surface area (Å²) in [5.41, 5.74) is 6.74. The summed E-state index contributed by atoms with van der Waals surface area (Å²) in [6.45, 7) is 2.48. The van der Waals surface area contributed by atoms with Gasteiger partial charge < -0.3 is 15.4 Å². The van der Waals surface area contributed by atoms with Crippen LogP contribution in [0.15, 0.2) is 60.7 Å². The Morgan fingerprint density at radius 2 is 1.60 bits per heavy atom. The van der Waals surface area contributed by atoms with E-state index in [0.717, 1.165) is 17.7 Å².